The average molecular weight is 260 g/mol. The SMILES string of the molecule is CC1(C)CCC(CNC2CCCCCC2Cl)O1. The van der Waals surface area contributed by atoms with Crippen LogP contribution in [0, 0.1) is 0 Å². The van der Waals surface area contributed by atoms with E-state index in [-0.39, 0.29) is 5.60 Å². The van der Waals surface area contributed by atoms with Gasteiger partial charge in [-0.3, -0.25) is 0 Å². The standard InChI is InChI=1S/C14H26ClNO/c1-14(2)9-8-11(17-14)10-16-13-7-5-3-4-6-12(13)15/h11-13,16H,3-10H2,1-2H3. The number of nitrogens with one attached hydrogen (secondary N) is 1. The molecule has 0 aromatic rings. The van der Waals surface area contributed by atoms with Gasteiger partial charge < -0.3 is 10.1 Å². The van der Waals surface area contributed by atoms with Crippen molar-refractivity contribution < 1.29 is 4.74 Å². The molecule has 0 aromatic carbocycles. The smallest absolute Gasteiger partial charge is 0.0707 e. The fraction of sp³-hybridized carbons (Fsp3) is 1.00. The second kappa shape index (κ2) is 5.90. The lowest BCUT2D eigenvalue weighted by molar-refractivity contribution is -0.0152. The van der Waals surface area contributed by atoms with Crippen molar-refractivity contribution in [3.63, 3.8) is 0 Å². The molecule has 1 heterocycles. The molecule has 1 aliphatic carbocycles. The molecule has 2 nitrogen and oxygen atoms in total. The number of hydrogen-bond acceptors (Lipinski definition) is 2. The highest BCUT2D eigenvalue weighted by Crippen LogP contribution is 2.29. The minimum absolute atomic E-state index is 0.0795. The Morgan fingerprint density at radius 3 is 2.65 bits per heavy atom. The summed E-state index contributed by atoms with van der Waals surface area (Å²) in [6, 6.07) is 0.492. The number of alkyl halides is 1. The molecule has 1 aliphatic heterocycles. The van der Waals surface area contributed by atoms with Gasteiger partial charge in [0.05, 0.1) is 11.7 Å². The van der Waals surface area contributed by atoms with E-state index in [4.69, 9.17) is 16.3 Å². The summed E-state index contributed by atoms with van der Waals surface area (Å²) in [7, 11) is 0. The van der Waals surface area contributed by atoms with Crippen molar-refractivity contribution >= 4 is 11.6 Å². The van der Waals surface area contributed by atoms with Crippen molar-refractivity contribution in [2.75, 3.05) is 6.54 Å². The largest absolute Gasteiger partial charge is 0.371 e. The van der Waals surface area contributed by atoms with Crippen LogP contribution in [0.15, 0.2) is 0 Å². The lowest BCUT2D eigenvalue weighted by Crippen LogP contribution is -2.41. The second-order valence-electron chi connectivity index (χ2n) is 6.21. The number of ether oxygens (including phenoxy) is 1. The van der Waals surface area contributed by atoms with Crippen LogP contribution in [0.4, 0.5) is 0 Å². The van der Waals surface area contributed by atoms with Gasteiger partial charge in [-0.25, -0.2) is 0 Å². The van der Waals surface area contributed by atoms with Crippen molar-refractivity contribution in [3.8, 4) is 0 Å². The van der Waals surface area contributed by atoms with Gasteiger partial charge in [-0.1, -0.05) is 19.3 Å². The van der Waals surface area contributed by atoms with Gasteiger partial charge in [0, 0.05) is 18.0 Å². The fourth-order valence-corrected chi connectivity index (χ4v) is 3.37. The maximum absolute atomic E-state index is 6.43. The van der Waals surface area contributed by atoms with Crippen LogP contribution in [0.2, 0.25) is 0 Å². The highest BCUT2D eigenvalue weighted by molar-refractivity contribution is 6.21. The molecule has 2 aliphatic rings. The Labute approximate surface area is 110 Å². The van der Waals surface area contributed by atoms with Crippen molar-refractivity contribution in [2.24, 2.45) is 0 Å². The van der Waals surface area contributed by atoms with Gasteiger partial charge in [0.15, 0.2) is 0 Å². The minimum Gasteiger partial charge on any atom is -0.371 e. The van der Waals surface area contributed by atoms with Crippen LogP contribution in [-0.2, 0) is 4.74 Å². The van der Waals surface area contributed by atoms with Gasteiger partial charge in [0.1, 0.15) is 0 Å². The maximum Gasteiger partial charge on any atom is 0.0707 e. The van der Waals surface area contributed by atoms with Gasteiger partial charge in [0.25, 0.3) is 0 Å². The first-order valence-corrected chi connectivity index (χ1v) is 7.56. The first-order chi connectivity index (χ1) is 8.07. The van der Waals surface area contributed by atoms with Gasteiger partial charge in [-0.15, -0.1) is 11.6 Å². The number of hydrogen-bond donors (Lipinski definition) is 1. The van der Waals surface area contributed by atoms with Crippen molar-refractivity contribution in [1.29, 1.82) is 0 Å². The Morgan fingerprint density at radius 1 is 1.18 bits per heavy atom. The molecule has 1 saturated heterocycles. The summed E-state index contributed by atoms with van der Waals surface area (Å²) in [4.78, 5) is 0. The van der Waals surface area contributed by atoms with Gasteiger partial charge in [-0.05, 0) is 39.5 Å². The summed E-state index contributed by atoms with van der Waals surface area (Å²) >= 11 is 6.43. The van der Waals surface area contributed by atoms with E-state index < -0.39 is 0 Å². The Kier molecular flexibility index (Phi) is 4.73. The predicted octanol–water partition coefficient (Wildman–Crippen LogP) is 3.47. The number of halogens is 1. The molecular formula is C14H26ClNO. The molecule has 3 unspecified atom stereocenters. The van der Waals surface area contributed by atoms with Crippen LogP contribution in [0.5, 0.6) is 0 Å². The van der Waals surface area contributed by atoms with Crippen molar-refractivity contribution in [2.45, 2.75) is 81.9 Å². The highest BCUT2D eigenvalue weighted by Gasteiger charge is 2.32. The van der Waals surface area contributed by atoms with E-state index in [9.17, 15) is 0 Å². The van der Waals surface area contributed by atoms with E-state index in [1.807, 2.05) is 0 Å². The summed E-state index contributed by atoms with van der Waals surface area (Å²) in [6.07, 6.45) is 9.08. The zero-order valence-electron chi connectivity index (χ0n) is 11.2. The van der Waals surface area contributed by atoms with Crippen molar-refractivity contribution in [1.82, 2.24) is 5.32 Å². The van der Waals surface area contributed by atoms with E-state index in [2.05, 4.69) is 19.2 Å². The Hall–Kier alpha value is 0.210. The molecule has 17 heavy (non-hydrogen) atoms. The summed E-state index contributed by atoms with van der Waals surface area (Å²) in [6.45, 7) is 5.34. The number of rotatable bonds is 3. The zero-order chi connectivity index (χ0) is 12.3. The molecule has 1 N–H and O–H groups in total. The first-order valence-electron chi connectivity index (χ1n) is 7.12. The van der Waals surface area contributed by atoms with Crippen LogP contribution in [0.25, 0.3) is 0 Å². The molecule has 0 radical (unpaired) electrons. The topological polar surface area (TPSA) is 21.3 Å². The lowest BCUT2D eigenvalue weighted by atomic mass is 10.0. The molecule has 3 atom stereocenters. The average Bonchev–Trinajstić information content (AvgIpc) is 2.48. The molecule has 100 valence electrons. The molecule has 0 aromatic heterocycles. The Morgan fingerprint density at radius 2 is 1.94 bits per heavy atom. The molecule has 3 heteroatoms. The van der Waals surface area contributed by atoms with Crippen LogP contribution in [0.3, 0.4) is 0 Å². The van der Waals surface area contributed by atoms with Crippen LogP contribution >= 0.6 is 11.6 Å². The summed E-state index contributed by atoms with van der Waals surface area (Å²) < 4.78 is 6.00. The molecule has 0 bridgehead atoms. The maximum atomic E-state index is 6.43. The molecule has 2 fully saturated rings. The molecular weight excluding hydrogens is 234 g/mol. The van der Waals surface area contributed by atoms with E-state index in [0.29, 0.717) is 17.5 Å². The lowest BCUT2D eigenvalue weighted by Gasteiger charge is -2.24. The zero-order valence-corrected chi connectivity index (χ0v) is 11.9. The Balaban J connectivity index is 1.73. The van der Waals surface area contributed by atoms with E-state index in [1.54, 1.807) is 0 Å². The first kappa shape index (κ1) is 13.6. The third-order valence-electron chi connectivity index (χ3n) is 4.09. The normalized spacial score (nSPS) is 37.9. The third-order valence-corrected chi connectivity index (χ3v) is 4.62. The van der Waals surface area contributed by atoms with Crippen LogP contribution in [-0.4, -0.2) is 29.7 Å². The summed E-state index contributed by atoms with van der Waals surface area (Å²) in [5, 5.41) is 3.95. The van der Waals surface area contributed by atoms with Gasteiger partial charge in [0.2, 0.25) is 0 Å². The predicted molar refractivity (Wildman–Crippen MR) is 72.7 cm³/mol. The van der Waals surface area contributed by atoms with E-state index in [0.717, 1.165) is 13.0 Å². The van der Waals surface area contributed by atoms with Crippen molar-refractivity contribution in [3.05, 3.63) is 0 Å². The monoisotopic (exact) mass is 259 g/mol. The summed E-state index contributed by atoms with van der Waals surface area (Å²) in [5.41, 5.74) is 0.0795. The molecule has 1 saturated carbocycles. The quantitative estimate of drug-likeness (QED) is 0.619. The van der Waals surface area contributed by atoms with Crippen LogP contribution in [0.1, 0.15) is 58.8 Å². The second-order valence-corrected chi connectivity index (χ2v) is 6.77. The summed E-state index contributed by atoms with van der Waals surface area (Å²) in [5.74, 6) is 0. The third kappa shape index (κ3) is 4.11. The van der Waals surface area contributed by atoms with E-state index >= 15 is 0 Å². The Bertz CT molecular complexity index is 244. The molecule has 0 spiro atoms. The molecule has 2 rings (SSSR count). The van der Waals surface area contributed by atoms with Gasteiger partial charge in [-0.2, -0.15) is 0 Å². The molecule has 0 amide bonds. The highest BCUT2D eigenvalue weighted by atomic mass is 35.5. The minimum atomic E-state index is 0.0795. The van der Waals surface area contributed by atoms with Gasteiger partial charge >= 0.3 is 0 Å². The fourth-order valence-electron chi connectivity index (χ4n) is 3.00. The van der Waals surface area contributed by atoms with Crippen LogP contribution < -0.4 is 5.32 Å². The van der Waals surface area contributed by atoms with E-state index in [1.165, 1.54) is 38.5 Å².